The van der Waals surface area contributed by atoms with Crippen LogP contribution in [-0.4, -0.2) is 0 Å². The van der Waals surface area contributed by atoms with Crippen molar-refractivity contribution in [1.29, 1.82) is 0 Å². The summed E-state index contributed by atoms with van der Waals surface area (Å²) in [6.45, 7) is 6.92. The molecule has 47 valence electrons. The first-order valence-electron chi connectivity index (χ1n) is 2.15. The summed E-state index contributed by atoms with van der Waals surface area (Å²) in [7, 11) is 0. The SMILES string of the molecule is [CH-]=CC=[C-]/C=C/C.[Y].[Y].[Y]. The third kappa shape index (κ3) is 22.4. The molecule has 0 bridgehead atoms. The van der Waals surface area contributed by atoms with Crippen LogP contribution in [0.5, 0.6) is 0 Å². The molecule has 0 aliphatic carbocycles. The van der Waals surface area contributed by atoms with Gasteiger partial charge in [0.25, 0.3) is 0 Å². The quantitative estimate of drug-likeness (QED) is 0.522. The summed E-state index contributed by atoms with van der Waals surface area (Å²) in [4.78, 5) is 0. The zero-order chi connectivity index (χ0) is 5.54. The van der Waals surface area contributed by atoms with Gasteiger partial charge >= 0.3 is 0 Å². The molecule has 0 N–H and O–H groups in total. The normalized spacial score (nSPS) is 7.70. The van der Waals surface area contributed by atoms with Gasteiger partial charge in [-0.2, -0.15) is 12.2 Å². The summed E-state index contributed by atoms with van der Waals surface area (Å²) < 4.78 is 0. The van der Waals surface area contributed by atoms with Gasteiger partial charge in [0, 0.05) is 98.1 Å². The van der Waals surface area contributed by atoms with Gasteiger partial charge in [-0.3, -0.25) is 6.08 Å². The average Bonchev–Trinajstić information content (AvgIpc) is 1.69. The van der Waals surface area contributed by atoms with Gasteiger partial charge in [-0.25, -0.2) is 0 Å². The Bertz CT molecular complexity index is 95.0. The van der Waals surface area contributed by atoms with Crippen molar-refractivity contribution in [2.45, 2.75) is 6.92 Å². The zero-order valence-corrected chi connectivity index (χ0v) is 14.6. The molecule has 0 unspecified atom stereocenters. The van der Waals surface area contributed by atoms with Crippen LogP contribution in [0.1, 0.15) is 6.92 Å². The summed E-state index contributed by atoms with van der Waals surface area (Å²) in [6.07, 6.45) is 9.58. The molecule has 0 rings (SSSR count). The molecule has 0 heterocycles. The van der Waals surface area contributed by atoms with Crippen LogP contribution in [0.4, 0.5) is 0 Å². The fourth-order valence-electron chi connectivity index (χ4n) is 0.207. The van der Waals surface area contributed by atoms with Crippen molar-refractivity contribution >= 4 is 0 Å². The first-order valence-corrected chi connectivity index (χ1v) is 2.15. The van der Waals surface area contributed by atoms with Crippen molar-refractivity contribution in [3.8, 4) is 0 Å². The van der Waals surface area contributed by atoms with Crippen LogP contribution in [0.2, 0.25) is 0 Å². The van der Waals surface area contributed by atoms with Crippen molar-refractivity contribution in [2.24, 2.45) is 0 Å². The Morgan fingerprint density at radius 1 is 1.20 bits per heavy atom. The largest absolute Gasteiger partial charge is 0.361 e. The molecule has 0 nitrogen and oxygen atoms in total. The van der Waals surface area contributed by atoms with Gasteiger partial charge in [-0.1, -0.05) is 6.92 Å². The minimum Gasteiger partial charge on any atom is -0.361 e. The van der Waals surface area contributed by atoms with Crippen LogP contribution in [-0.2, 0) is 98.1 Å². The van der Waals surface area contributed by atoms with Crippen molar-refractivity contribution < 1.29 is 98.1 Å². The number of rotatable bonds is 2. The third-order valence-corrected chi connectivity index (χ3v) is 0.455. The molecule has 0 atom stereocenters. The van der Waals surface area contributed by atoms with E-state index in [1.54, 1.807) is 12.2 Å². The van der Waals surface area contributed by atoms with Gasteiger partial charge < -0.3 is 18.7 Å². The molecule has 3 heteroatoms. The minimum atomic E-state index is 0. The molecule has 0 aromatic rings. The van der Waals surface area contributed by atoms with Crippen LogP contribution in [0.15, 0.2) is 24.3 Å². The van der Waals surface area contributed by atoms with E-state index in [1.165, 1.54) is 6.08 Å². The Kier molecular flexibility index (Phi) is 51.6. The number of allylic oxidation sites excluding steroid dienone is 5. The molecular weight excluding hydrogens is 351 g/mol. The first-order chi connectivity index (χ1) is 3.41. The summed E-state index contributed by atoms with van der Waals surface area (Å²) in [5.41, 5.74) is 0. The Labute approximate surface area is 139 Å². The topological polar surface area (TPSA) is 0 Å². The van der Waals surface area contributed by atoms with E-state index in [0.29, 0.717) is 0 Å². The number of hydrogen-bond acceptors (Lipinski definition) is 0. The van der Waals surface area contributed by atoms with Gasteiger partial charge in [-0.05, 0) is 0 Å². The van der Waals surface area contributed by atoms with Crippen LogP contribution in [0.3, 0.4) is 0 Å². The first kappa shape index (κ1) is 22.9. The molecular formula is C7H8Y3-2. The average molecular weight is 359 g/mol. The molecule has 0 saturated heterocycles. The summed E-state index contributed by atoms with van der Waals surface area (Å²) in [5, 5.41) is 0. The van der Waals surface area contributed by atoms with Gasteiger partial charge in [0.2, 0.25) is 0 Å². The number of hydrogen-bond donors (Lipinski definition) is 0. The fraction of sp³-hybridized carbons (Fsp3) is 0.143. The second-order valence-electron chi connectivity index (χ2n) is 1.03. The molecule has 0 aromatic heterocycles. The Hall–Kier alpha value is 2.53. The van der Waals surface area contributed by atoms with E-state index in [9.17, 15) is 0 Å². The van der Waals surface area contributed by atoms with E-state index in [0.717, 1.165) is 0 Å². The van der Waals surface area contributed by atoms with E-state index in [-0.39, 0.29) is 98.1 Å². The third-order valence-electron chi connectivity index (χ3n) is 0.455. The summed E-state index contributed by atoms with van der Waals surface area (Å²) in [5.74, 6) is 0. The van der Waals surface area contributed by atoms with Gasteiger partial charge in [0.05, 0.1) is 0 Å². The second kappa shape index (κ2) is 22.5. The molecule has 0 aliphatic rings. The van der Waals surface area contributed by atoms with Crippen molar-refractivity contribution in [3.63, 3.8) is 0 Å². The van der Waals surface area contributed by atoms with E-state index < -0.39 is 0 Å². The maximum atomic E-state index is 4.99. The molecule has 10 heavy (non-hydrogen) atoms. The summed E-state index contributed by atoms with van der Waals surface area (Å²) >= 11 is 0. The van der Waals surface area contributed by atoms with E-state index in [4.69, 9.17) is 6.58 Å². The Morgan fingerprint density at radius 3 is 2.00 bits per heavy atom. The smallest absolute Gasteiger partial charge is 0 e. The fourth-order valence-corrected chi connectivity index (χ4v) is 0.207. The van der Waals surface area contributed by atoms with E-state index in [1.807, 2.05) is 13.0 Å². The zero-order valence-electron chi connectivity index (χ0n) is 6.12. The van der Waals surface area contributed by atoms with Crippen LogP contribution in [0, 0.1) is 12.7 Å². The van der Waals surface area contributed by atoms with Crippen molar-refractivity contribution in [2.75, 3.05) is 0 Å². The minimum absolute atomic E-state index is 0. The Balaban J connectivity index is -0.0000000600. The molecule has 0 aromatic carbocycles. The standard InChI is InChI=1S/C7H8.3Y/c1-3-5-7-6-4-2;;;/h1,3-6H,2H3;;;/q-2;;;/b6-4+;;;. The van der Waals surface area contributed by atoms with Crippen LogP contribution >= 0.6 is 0 Å². The second-order valence-corrected chi connectivity index (χ2v) is 1.03. The summed E-state index contributed by atoms with van der Waals surface area (Å²) in [6, 6.07) is 0. The Morgan fingerprint density at radius 2 is 1.70 bits per heavy atom. The monoisotopic (exact) mass is 359 g/mol. The molecule has 0 spiro atoms. The molecule has 3 radical (unpaired) electrons. The van der Waals surface area contributed by atoms with Crippen LogP contribution < -0.4 is 0 Å². The predicted molar refractivity (Wildman–Crippen MR) is 31.5 cm³/mol. The molecule has 0 saturated carbocycles. The van der Waals surface area contributed by atoms with Gasteiger partial charge in [0.15, 0.2) is 0 Å². The van der Waals surface area contributed by atoms with E-state index in [2.05, 4.69) is 6.08 Å². The molecule has 0 aliphatic heterocycles. The maximum absolute atomic E-state index is 4.99. The van der Waals surface area contributed by atoms with Gasteiger partial charge in [0.1, 0.15) is 0 Å². The maximum Gasteiger partial charge on any atom is 0 e. The van der Waals surface area contributed by atoms with Crippen molar-refractivity contribution in [1.82, 2.24) is 0 Å². The molecule has 0 amide bonds. The van der Waals surface area contributed by atoms with Crippen molar-refractivity contribution in [3.05, 3.63) is 37.0 Å². The predicted octanol–water partition coefficient (Wildman–Crippen LogP) is 1.90. The molecule has 0 fully saturated rings. The van der Waals surface area contributed by atoms with Crippen LogP contribution in [0.25, 0.3) is 0 Å². The van der Waals surface area contributed by atoms with Gasteiger partial charge in [-0.15, -0.1) is 0 Å². The van der Waals surface area contributed by atoms with E-state index >= 15 is 0 Å².